The molecule has 2 heterocycles. The third-order valence-corrected chi connectivity index (χ3v) is 5.25. The number of carbonyl (C=O) groups excluding carboxylic acids is 1. The number of halogens is 1. The Morgan fingerprint density at radius 2 is 2.08 bits per heavy atom. The van der Waals surface area contributed by atoms with Gasteiger partial charge in [-0.2, -0.15) is 0 Å². The second-order valence-electron chi connectivity index (χ2n) is 6.37. The summed E-state index contributed by atoms with van der Waals surface area (Å²) in [6.45, 7) is 2.59. The fourth-order valence-corrected chi connectivity index (χ4v) is 4.07. The predicted octanol–water partition coefficient (Wildman–Crippen LogP) is 3.67. The molecule has 5 heteroatoms. The van der Waals surface area contributed by atoms with E-state index in [9.17, 15) is 4.79 Å². The van der Waals surface area contributed by atoms with E-state index in [4.69, 9.17) is 0 Å². The van der Waals surface area contributed by atoms with Crippen molar-refractivity contribution in [3.8, 4) is 0 Å². The molecule has 4 rings (SSSR count). The van der Waals surface area contributed by atoms with Crippen molar-refractivity contribution in [2.24, 2.45) is 0 Å². The SMILES string of the molecule is CCNC(=O)[C@@H]1Cc2c([nH]c3ccccc23)C(c2cccc(Br)c2)N1. The molecule has 2 atom stereocenters. The van der Waals surface area contributed by atoms with E-state index < -0.39 is 0 Å². The number of hydrogen-bond acceptors (Lipinski definition) is 2. The number of aromatic amines is 1. The highest BCUT2D eigenvalue weighted by Crippen LogP contribution is 2.35. The molecule has 1 aromatic heterocycles. The average Bonchev–Trinajstić information content (AvgIpc) is 3.00. The number of para-hydroxylation sites is 1. The monoisotopic (exact) mass is 397 g/mol. The molecule has 25 heavy (non-hydrogen) atoms. The first-order valence-corrected chi connectivity index (χ1v) is 9.35. The van der Waals surface area contributed by atoms with Crippen LogP contribution in [0.5, 0.6) is 0 Å². The molecule has 0 bridgehead atoms. The number of carbonyl (C=O) groups is 1. The number of benzene rings is 2. The number of amides is 1. The highest BCUT2D eigenvalue weighted by atomic mass is 79.9. The molecule has 0 fully saturated rings. The average molecular weight is 398 g/mol. The second-order valence-corrected chi connectivity index (χ2v) is 7.28. The van der Waals surface area contributed by atoms with Crippen LogP contribution in [0, 0.1) is 0 Å². The highest BCUT2D eigenvalue weighted by molar-refractivity contribution is 9.10. The van der Waals surface area contributed by atoms with Crippen molar-refractivity contribution in [3.63, 3.8) is 0 Å². The van der Waals surface area contributed by atoms with Crippen LogP contribution in [-0.2, 0) is 11.2 Å². The summed E-state index contributed by atoms with van der Waals surface area (Å²) in [5, 5.41) is 7.69. The van der Waals surface area contributed by atoms with E-state index in [1.54, 1.807) is 0 Å². The Labute approximate surface area is 155 Å². The van der Waals surface area contributed by atoms with E-state index in [2.05, 4.69) is 55.8 Å². The number of nitrogens with one attached hydrogen (secondary N) is 3. The van der Waals surface area contributed by atoms with E-state index in [1.807, 2.05) is 31.2 Å². The largest absolute Gasteiger partial charge is 0.357 e. The van der Waals surface area contributed by atoms with Gasteiger partial charge >= 0.3 is 0 Å². The third-order valence-electron chi connectivity index (χ3n) is 4.76. The fourth-order valence-electron chi connectivity index (χ4n) is 3.65. The molecule has 0 saturated carbocycles. The summed E-state index contributed by atoms with van der Waals surface area (Å²) in [4.78, 5) is 16.1. The molecule has 4 nitrogen and oxygen atoms in total. The lowest BCUT2D eigenvalue weighted by molar-refractivity contribution is -0.123. The van der Waals surface area contributed by atoms with E-state index in [-0.39, 0.29) is 18.0 Å². The normalized spacial score (nSPS) is 19.6. The predicted molar refractivity (Wildman–Crippen MR) is 104 cm³/mol. The summed E-state index contributed by atoms with van der Waals surface area (Å²) >= 11 is 3.56. The first-order chi connectivity index (χ1) is 12.2. The molecular weight excluding hydrogens is 378 g/mol. The van der Waals surface area contributed by atoms with Gasteiger partial charge in [0.15, 0.2) is 0 Å². The van der Waals surface area contributed by atoms with Gasteiger partial charge < -0.3 is 10.3 Å². The van der Waals surface area contributed by atoms with Gasteiger partial charge in [-0.1, -0.05) is 46.3 Å². The Kier molecular flexibility index (Phi) is 4.36. The maximum Gasteiger partial charge on any atom is 0.237 e. The van der Waals surface area contributed by atoms with E-state index >= 15 is 0 Å². The minimum absolute atomic E-state index is 0.0405. The molecule has 0 aliphatic carbocycles. The molecule has 3 aromatic rings. The molecule has 2 aromatic carbocycles. The molecule has 1 unspecified atom stereocenters. The molecule has 1 amide bonds. The maximum absolute atomic E-state index is 12.5. The molecule has 0 saturated heterocycles. The van der Waals surface area contributed by atoms with E-state index in [0.717, 1.165) is 21.2 Å². The minimum atomic E-state index is -0.240. The Bertz CT molecular complexity index is 934. The topological polar surface area (TPSA) is 56.9 Å². The molecule has 1 aliphatic heterocycles. The van der Waals surface area contributed by atoms with Crippen molar-refractivity contribution in [1.82, 2.24) is 15.6 Å². The summed E-state index contributed by atoms with van der Waals surface area (Å²) in [5.74, 6) is 0.0541. The van der Waals surface area contributed by atoms with Crippen molar-refractivity contribution in [1.29, 1.82) is 0 Å². The first-order valence-electron chi connectivity index (χ1n) is 8.56. The van der Waals surface area contributed by atoms with Gasteiger partial charge in [0.05, 0.1) is 12.1 Å². The van der Waals surface area contributed by atoms with Crippen molar-refractivity contribution in [3.05, 3.63) is 69.8 Å². The zero-order valence-corrected chi connectivity index (χ0v) is 15.6. The minimum Gasteiger partial charge on any atom is -0.357 e. The number of likely N-dealkylation sites (N-methyl/N-ethyl adjacent to an activating group) is 1. The first kappa shape index (κ1) is 16.4. The van der Waals surface area contributed by atoms with Crippen LogP contribution in [0.2, 0.25) is 0 Å². The van der Waals surface area contributed by atoms with Crippen LogP contribution in [0.3, 0.4) is 0 Å². The number of hydrogen-bond donors (Lipinski definition) is 3. The lowest BCUT2D eigenvalue weighted by Gasteiger charge is -2.31. The van der Waals surface area contributed by atoms with Crippen LogP contribution in [0.25, 0.3) is 10.9 Å². The number of aromatic nitrogens is 1. The highest BCUT2D eigenvalue weighted by Gasteiger charge is 2.33. The molecule has 0 spiro atoms. The smallest absolute Gasteiger partial charge is 0.237 e. The number of H-pyrrole nitrogens is 1. The Hall–Kier alpha value is -2.11. The summed E-state index contributed by atoms with van der Waals surface area (Å²) in [5.41, 5.74) is 4.64. The summed E-state index contributed by atoms with van der Waals surface area (Å²) in [6.07, 6.45) is 0.690. The van der Waals surface area contributed by atoms with E-state index in [1.165, 1.54) is 10.9 Å². The summed E-state index contributed by atoms with van der Waals surface area (Å²) < 4.78 is 1.03. The third kappa shape index (κ3) is 2.98. The zero-order chi connectivity index (χ0) is 17.4. The maximum atomic E-state index is 12.5. The van der Waals surface area contributed by atoms with Gasteiger partial charge in [-0.3, -0.25) is 10.1 Å². The van der Waals surface area contributed by atoms with Crippen LogP contribution in [0.1, 0.15) is 29.8 Å². The fraction of sp³-hybridized carbons (Fsp3) is 0.250. The van der Waals surface area contributed by atoms with Gasteiger partial charge in [0.25, 0.3) is 0 Å². The number of rotatable bonds is 3. The van der Waals surface area contributed by atoms with Gasteiger partial charge in [0.1, 0.15) is 0 Å². The summed E-state index contributed by atoms with van der Waals surface area (Å²) in [6, 6.07) is 16.3. The second kappa shape index (κ2) is 6.65. The molecule has 128 valence electrons. The molecule has 3 N–H and O–H groups in total. The van der Waals surface area contributed by atoms with Gasteiger partial charge in [-0.15, -0.1) is 0 Å². The molecule has 0 radical (unpaired) electrons. The van der Waals surface area contributed by atoms with Gasteiger partial charge in [0.2, 0.25) is 5.91 Å². The Morgan fingerprint density at radius 1 is 1.24 bits per heavy atom. The van der Waals surface area contributed by atoms with Crippen LogP contribution in [-0.4, -0.2) is 23.5 Å². The zero-order valence-electron chi connectivity index (χ0n) is 14.0. The van der Waals surface area contributed by atoms with Crippen LogP contribution in [0.4, 0.5) is 0 Å². The van der Waals surface area contributed by atoms with Crippen LogP contribution < -0.4 is 10.6 Å². The van der Waals surface area contributed by atoms with Crippen LogP contribution >= 0.6 is 15.9 Å². The standard InChI is InChI=1S/C20H20BrN3O/c1-2-22-20(25)17-11-15-14-8-3-4-9-16(14)23-19(15)18(24-17)12-6-5-7-13(21)10-12/h3-10,17-18,23-24H,2,11H2,1H3,(H,22,25)/t17-,18?/m0/s1. The van der Waals surface area contributed by atoms with Crippen molar-refractivity contribution < 1.29 is 4.79 Å². The van der Waals surface area contributed by atoms with Crippen molar-refractivity contribution in [2.45, 2.75) is 25.4 Å². The Morgan fingerprint density at radius 3 is 2.88 bits per heavy atom. The van der Waals surface area contributed by atoms with Gasteiger partial charge in [-0.25, -0.2) is 0 Å². The number of fused-ring (bicyclic) bond motifs is 3. The molecule has 1 aliphatic rings. The lowest BCUT2D eigenvalue weighted by Crippen LogP contribution is -2.49. The van der Waals surface area contributed by atoms with Gasteiger partial charge in [-0.05, 0) is 42.7 Å². The Balaban J connectivity index is 1.84. The quantitative estimate of drug-likeness (QED) is 0.631. The van der Waals surface area contributed by atoms with Crippen molar-refractivity contribution in [2.75, 3.05) is 6.54 Å². The van der Waals surface area contributed by atoms with Crippen LogP contribution in [0.15, 0.2) is 53.0 Å². The van der Waals surface area contributed by atoms with Gasteiger partial charge in [0, 0.05) is 27.6 Å². The summed E-state index contributed by atoms with van der Waals surface area (Å²) in [7, 11) is 0. The lowest BCUT2D eigenvalue weighted by atomic mass is 9.90. The van der Waals surface area contributed by atoms with Crippen molar-refractivity contribution >= 4 is 32.7 Å². The van der Waals surface area contributed by atoms with E-state index in [0.29, 0.717) is 13.0 Å². The molecular formula is C20H20BrN3O.